The second-order valence-electron chi connectivity index (χ2n) is 5.68. The molecular weight excluding hydrogens is 294 g/mol. The average molecular weight is 311 g/mol. The Kier molecular flexibility index (Phi) is 3.42. The average Bonchev–Trinajstić information content (AvgIpc) is 3.24. The number of likely N-dealkylation sites (tertiary alicyclic amines) is 1. The summed E-state index contributed by atoms with van der Waals surface area (Å²) in [5, 5.41) is 7.39. The van der Waals surface area contributed by atoms with Crippen LogP contribution >= 0.6 is 11.3 Å². The Balaban J connectivity index is 1.60. The largest absolute Gasteiger partial charge is 0.336 e. The molecule has 2 aromatic heterocycles. The van der Waals surface area contributed by atoms with Gasteiger partial charge in [-0.2, -0.15) is 5.10 Å². The number of fused-ring (bicyclic) bond motifs is 1. The number of aromatic nitrogens is 2. The number of nitrogens with zero attached hydrogens (tertiary/aromatic N) is 3. The van der Waals surface area contributed by atoms with E-state index < -0.39 is 0 Å². The first-order valence-corrected chi connectivity index (χ1v) is 8.45. The van der Waals surface area contributed by atoms with Crippen LogP contribution in [0.25, 0.3) is 10.1 Å². The molecule has 4 rings (SSSR count). The Labute approximate surface area is 133 Å². The maximum atomic E-state index is 12.9. The number of carbonyl (C=O) groups excluding carboxylic acids is 1. The minimum absolute atomic E-state index is 0.148. The molecule has 4 nitrogen and oxygen atoms in total. The Hall–Kier alpha value is -2.14. The Morgan fingerprint density at radius 1 is 1.27 bits per heavy atom. The van der Waals surface area contributed by atoms with Crippen molar-refractivity contribution in [3.05, 3.63) is 53.7 Å². The summed E-state index contributed by atoms with van der Waals surface area (Å²) in [4.78, 5) is 14.9. The molecular formula is C17H17N3OS. The minimum atomic E-state index is 0.148. The highest BCUT2D eigenvalue weighted by Crippen LogP contribution is 2.29. The monoisotopic (exact) mass is 311 g/mol. The fraction of sp³-hybridized carbons (Fsp3) is 0.294. The lowest BCUT2D eigenvalue weighted by molar-refractivity contribution is 0.0675. The molecule has 1 aliphatic heterocycles. The number of carbonyl (C=O) groups is 1. The van der Waals surface area contributed by atoms with Crippen LogP contribution in [0.1, 0.15) is 29.2 Å². The molecule has 3 aromatic rings. The van der Waals surface area contributed by atoms with Crippen molar-refractivity contribution in [2.75, 3.05) is 13.1 Å². The zero-order valence-electron chi connectivity index (χ0n) is 12.2. The second kappa shape index (κ2) is 5.57. The van der Waals surface area contributed by atoms with Crippen LogP contribution in [0.2, 0.25) is 0 Å². The van der Waals surface area contributed by atoms with Crippen LogP contribution in [0.4, 0.5) is 0 Å². The summed E-state index contributed by atoms with van der Waals surface area (Å²) in [5.41, 5.74) is 0.835. The van der Waals surface area contributed by atoms with Crippen molar-refractivity contribution >= 4 is 27.3 Å². The molecule has 1 atom stereocenters. The Morgan fingerprint density at radius 3 is 3.05 bits per heavy atom. The van der Waals surface area contributed by atoms with E-state index in [1.807, 2.05) is 45.4 Å². The fourth-order valence-corrected chi connectivity index (χ4v) is 4.10. The van der Waals surface area contributed by atoms with Crippen molar-refractivity contribution < 1.29 is 4.79 Å². The van der Waals surface area contributed by atoms with Crippen molar-refractivity contribution in [2.24, 2.45) is 0 Å². The molecule has 0 aliphatic carbocycles. The zero-order chi connectivity index (χ0) is 14.9. The van der Waals surface area contributed by atoms with Gasteiger partial charge in [-0.3, -0.25) is 9.48 Å². The summed E-state index contributed by atoms with van der Waals surface area (Å²) in [7, 11) is 0. The fourth-order valence-electron chi connectivity index (χ4n) is 3.17. The Bertz CT molecular complexity index is 793. The SMILES string of the molecule is O=C(c1csc2ccccc12)N1CCCC(n2cccn2)C1. The van der Waals surface area contributed by atoms with Crippen molar-refractivity contribution in [1.29, 1.82) is 0 Å². The normalized spacial score (nSPS) is 18.7. The standard InChI is InChI=1S/C17H17N3OS/c21-17(15-12-22-16-7-2-1-6-14(15)16)19-9-3-5-13(11-19)20-10-4-8-18-20/h1-2,4,6-8,10,12-13H,3,5,9,11H2. The van der Waals surface area contributed by atoms with E-state index in [1.54, 1.807) is 17.5 Å². The molecule has 3 heterocycles. The first-order chi connectivity index (χ1) is 10.8. The van der Waals surface area contributed by atoms with E-state index >= 15 is 0 Å². The summed E-state index contributed by atoms with van der Waals surface area (Å²) in [6, 6.07) is 10.3. The van der Waals surface area contributed by atoms with Gasteiger partial charge in [0.15, 0.2) is 0 Å². The topological polar surface area (TPSA) is 38.1 Å². The van der Waals surface area contributed by atoms with Crippen LogP contribution in [0.3, 0.4) is 0 Å². The minimum Gasteiger partial charge on any atom is -0.336 e. The van der Waals surface area contributed by atoms with Gasteiger partial charge in [-0.25, -0.2) is 0 Å². The van der Waals surface area contributed by atoms with Gasteiger partial charge in [0.1, 0.15) is 0 Å². The van der Waals surface area contributed by atoms with E-state index in [9.17, 15) is 4.79 Å². The molecule has 0 N–H and O–H groups in total. The molecule has 1 amide bonds. The van der Waals surface area contributed by atoms with Crippen LogP contribution in [0.15, 0.2) is 48.1 Å². The Morgan fingerprint density at radius 2 is 2.18 bits per heavy atom. The van der Waals surface area contributed by atoms with Crippen LogP contribution in [-0.4, -0.2) is 33.7 Å². The first kappa shape index (κ1) is 13.5. The third-order valence-corrected chi connectivity index (χ3v) is 5.26. The van der Waals surface area contributed by atoms with Gasteiger partial charge in [0.25, 0.3) is 5.91 Å². The number of piperidine rings is 1. The van der Waals surface area contributed by atoms with Gasteiger partial charge in [-0.05, 0) is 25.0 Å². The van der Waals surface area contributed by atoms with E-state index in [-0.39, 0.29) is 11.9 Å². The maximum Gasteiger partial charge on any atom is 0.255 e. The molecule has 1 aromatic carbocycles. The van der Waals surface area contributed by atoms with E-state index in [1.165, 1.54) is 4.70 Å². The molecule has 1 aliphatic rings. The quantitative estimate of drug-likeness (QED) is 0.725. The molecule has 1 saturated heterocycles. The zero-order valence-corrected chi connectivity index (χ0v) is 13.0. The highest BCUT2D eigenvalue weighted by molar-refractivity contribution is 7.17. The summed E-state index contributed by atoms with van der Waals surface area (Å²) in [5.74, 6) is 0.148. The smallest absolute Gasteiger partial charge is 0.255 e. The summed E-state index contributed by atoms with van der Waals surface area (Å²) < 4.78 is 3.15. The van der Waals surface area contributed by atoms with Gasteiger partial charge < -0.3 is 4.90 Å². The molecule has 0 radical (unpaired) electrons. The van der Waals surface area contributed by atoms with E-state index in [0.29, 0.717) is 0 Å². The van der Waals surface area contributed by atoms with Crippen molar-refractivity contribution in [3.8, 4) is 0 Å². The third kappa shape index (κ3) is 2.31. The third-order valence-electron chi connectivity index (χ3n) is 4.29. The van der Waals surface area contributed by atoms with E-state index in [2.05, 4.69) is 11.2 Å². The van der Waals surface area contributed by atoms with Crippen LogP contribution in [0, 0.1) is 0 Å². The molecule has 0 bridgehead atoms. The maximum absolute atomic E-state index is 12.9. The lowest BCUT2D eigenvalue weighted by Gasteiger charge is -2.32. The lowest BCUT2D eigenvalue weighted by Crippen LogP contribution is -2.40. The number of rotatable bonds is 2. The van der Waals surface area contributed by atoms with Gasteiger partial charge in [-0.15, -0.1) is 11.3 Å². The van der Waals surface area contributed by atoms with Gasteiger partial charge >= 0.3 is 0 Å². The molecule has 22 heavy (non-hydrogen) atoms. The number of hydrogen-bond donors (Lipinski definition) is 0. The predicted molar refractivity (Wildman–Crippen MR) is 88.2 cm³/mol. The van der Waals surface area contributed by atoms with Gasteiger partial charge in [0.2, 0.25) is 0 Å². The molecule has 112 valence electrons. The number of amides is 1. The van der Waals surface area contributed by atoms with Crippen LogP contribution < -0.4 is 0 Å². The second-order valence-corrected chi connectivity index (χ2v) is 6.59. The molecule has 5 heteroatoms. The van der Waals surface area contributed by atoms with Crippen molar-refractivity contribution in [2.45, 2.75) is 18.9 Å². The molecule has 1 fully saturated rings. The lowest BCUT2D eigenvalue weighted by atomic mass is 10.0. The van der Waals surface area contributed by atoms with Crippen molar-refractivity contribution in [3.63, 3.8) is 0 Å². The first-order valence-electron chi connectivity index (χ1n) is 7.57. The van der Waals surface area contributed by atoms with Crippen LogP contribution in [0.5, 0.6) is 0 Å². The van der Waals surface area contributed by atoms with Gasteiger partial charge in [0, 0.05) is 40.9 Å². The molecule has 0 saturated carbocycles. The highest BCUT2D eigenvalue weighted by Gasteiger charge is 2.26. The van der Waals surface area contributed by atoms with Crippen molar-refractivity contribution in [1.82, 2.24) is 14.7 Å². The highest BCUT2D eigenvalue weighted by atomic mass is 32.1. The summed E-state index contributed by atoms with van der Waals surface area (Å²) in [6.45, 7) is 1.57. The summed E-state index contributed by atoms with van der Waals surface area (Å²) in [6.07, 6.45) is 5.89. The van der Waals surface area contributed by atoms with Crippen LogP contribution in [-0.2, 0) is 0 Å². The molecule has 0 spiro atoms. The van der Waals surface area contributed by atoms with Gasteiger partial charge in [0.05, 0.1) is 11.6 Å². The number of benzene rings is 1. The van der Waals surface area contributed by atoms with E-state index in [0.717, 1.165) is 36.9 Å². The number of thiophene rings is 1. The van der Waals surface area contributed by atoms with Gasteiger partial charge in [-0.1, -0.05) is 18.2 Å². The molecule has 1 unspecified atom stereocenters. The number of hydrogen-bond acceptors (Lipinski definition) is 3. The summed E-state index contributed by atoms with van der Waals surface area (Å²) >= 11 is 1.64. The predicted octanol–water partition coefficient (Wildman–Crippen LogP) is 3.58. The van der Waals surface area contributed by atoms with E-state index in [4.69, 9.17) is 0 Å².